The number of nitrogens with zero attached hydrogens (tertiary/aromatic N) is 5. The summed E-state index contributed by atoms with van der Waals surface area (Å²) >= 11 is 0. The van der Waals surface area contributed by atoms with Crippen LogP contribution in [0.1, 0.15) is 12.8 Å². The molecular weight excluding hydrogens is 297 g/mol. The van der Waals surface area contributed by atoms with Gasteiger partial charge in [-0.25, -0.2) is 9.37 Å². The van der Waals surface area contributed by atoms with Crippen molar-refractivity contribution in [2.45, 2.75) is 12.8 Å². The maximum atomic E-state index is 13.1. The van der Waals surface area contributed by atoms with Crippen LogP contribution in [0, 0.1) is 5.82 Å². The lowest BCUT2D eigenvalue weighted by atomic mass is 10.1. The van der Waals surface area contributed by atoms with Crippen LogP contribution in [-0.4, -0.2) is 38.5 Å². The van der Waals surface area contributed by atoms with E-state index >= 15 is 0 Å². The minimum atomic E-state index is -0.285. The van der Waals surface area contributed by atoms with Crippen LogP contribution in [0.15, 0.2) is 36.7 Å². The number of piperidine rings is 1. The molecule has 0 aliphatic carbocycles. The van der Waals surface area contributed by atoms with Gasteiger partial charge in [-0.1, -0.05) is 0 Å². The lowest BCUT2D eigenvalue weighted by molar-refractivity contribution is -0.119. The second-order valence-corrected chi connectivity index (χ2v) is 5.50. The molecule has 7 heteroatoms. The second-order valence-electron chi connectivity index (χ2n) is 5.50. The minimum Gasteiger partial charge on any atom is -0.356 e. The molecule has 4 rings (SSSR count). The fourth-order valence-corrected chi connectivity index (χ4v) is 2.78. The molecule has 2 aromatic heterocycles. The Morgan fingerprint density at radius 2 is 1.83 bits per heavy atom. The summed E-state index contributed by atoms with van der Waals surface area (Å²) in [5.74, 6) is 1.33. The summed E-state index contributed by atoms with van der Waals surface area (Å²) in [7, 11) is 0. The Morgan fingerprint density at radius 3 is 2.57 bits per heavy atom. The summed E-state index contributed by atoms with van der Waals surface area (Å²) in [6, 6.07) is 8.10. The summed E-state index contributed by atoms with van der Waals surface area (Å²) in [5.41, 5.74) is 1.52. The number of hydrogen-bond donors (Lipinski definition) is 0. The van der Waals surface area contributed by atoms with E-state index in [-0.39, 0.29) is 11.6 Å². The molecular formula is C16H14FN5O. The third-order valence-corrected chi connectivity index (χ3v) is 4.02. The number of carbonyl (C=O) groups is 1. The van der Waals surface area contributed by atoms with Crippen LogP contribution in [0.2, 0.25) is 0 Å². The SMILES string of the molecule is O=C1CCN(c2cc(-c3ccc(F)cc3)nc3ncnn23)CC1. The highest BCUT2D eigenvalue weighted by Gasteiger charge is 2.20. The van der Waals surface area contributed by atoms with Crippen molar-refractivity contribution in [1.82, 2.24) is 19.6 Å². The molecule has 0 unspecified atom stereocenters. The van der Waals surface area contributed by atoms with E-state index in [1.165, 1.54) is 18.5 Å². The molecule has 0 amide bonds. The molecule has 6 nitrogen and oxygen atoms in total. The molecule has 1 fully saturated rings. The van der Waals surface area contributed by atoms with E-state index in [0.717, 1.165) is 11.4 Å². The standard InChI is InChI=1S/C16H14FN5O/c17-12-3-1-11(2-4-12)14-9-15(21-7-5-13(23)6-8-21)22-16(20-14)18-10-19-22/h1-4,9-10H,5-8H2. The Kier molecular flexibility index (Phi) is 3.25. The fraction of sp³-hybridized carbons (Fsp3) is 0.250. The molecule has 3 heterocycles. The van der Waals surface area contributed by atoms with Gasteiger partial charge in [-0.3, -0.25) is 4.79 Å². The van der Waals surface area contributed by atoms with Crippen LogP contribution >= 0.6 is 0 Å². The van der Waals surface area contributed by atoms with Gasteiger partial charge in [-0.15, -0.1) is 0 Å². The third-order valence-electron chi connectivity index (χ3n) is 4.02. The first kappa shape index (κ1) is 13.8. The van der Waals surface area contributed by atoms with Crippen molar-refractivity contribution < 1.29 is 9.18 Å². The average Bonchev–Trinajstić information content (AvgIpc) is 3.04. The van der Waals surface area contributed by atoms with Crippen LogP contribution < -0.4 is 4.90 Å². The molecule has 1 aliphatic rings. The summed E-state index contributed by atoms with van der Waals surface area (Å²) in [6.07, 6.45) is 2.52. The van der Waals surface area contributed by atoms with Gasteiger partial charge in [0, 0.05) is 37.6 Å². The number of rotatable bonds is 2. The lowest BCUT2D eigenvalue weighted by Gasteiger charge is -2.28. The van der Waals surface area contributed by atoms with Crippen molar-refractivity contribution in [2.24, 2.45) is 0 Å². The highest BCUT2D eigenvalue weighted by atomic mass is 19.1. The van der Waals surface area contributed by atoms with Crippen molar-refractivity contribution in [3.05, 3.63) is 42.5 Å². The summed E-state index contributed by atoms with van der Waals surface area (Å²) in [4.78, 5) is 22.2. The molecule has 3 aromatic rings. The van der Waals surface area contributed by atoms with Gasteiger partial charge in [0.1, 0.15) is 23.7 Å². The third kappa shape index (κ3) is 2.54. The van der Waals surface area contributed by atoms with Crippen LogP contribution in [0.5, 0.6) is 0 Å². The highest BCUT2D eigenvalue weighted by molar-refractivity contribution is 5.81. The summed E-state index contributed by atoms with van der Waals surface area (Å²) in [6.45, 7) is 1.31. The normalized spacial score (nSPS) is 15.3. The van der Waals surface area contributed by atoms with E-state index in [4.69, 9.17) is 0 Å². The maximum Gasteiger partial charge on any atom is 0.254 e. The first-order valence-corrected chi connectivity index (χ1v) is 7.44. The first-order chi connectivity index (χ1) is 11.2. The number of benzene rings is 1. The molecule has 116 valence electrons. The Balaban J connectivity index is 1.81. The minimum absolute atomic E-state index is 0.281. The molecule has 0 saturated carbocycles. The number of aromatic nitrogens is 4. The highest BCUT2D eigenvalue weighted by Crippen LogP contribution is 2.25. The van der Waals surface area contributed by atoms with Crippen LogP contribution in [0.3, 0.4) is 0 Å². The zero-order chi connectivity index (χ0) is 15.8. The molecule has 0 spiro atoms. The summed E-state index contributed by atoms with van der Waals surface area (Å²) < 4.78 is 14.8. The van der Waals surface area contributed by atoms with E-state index < -0.39 is 0 Å². The second kappa shape index (κ2) is 5.42. The smallest absolute Gasteiger partial charge is 0.254 e. The van der Waals surface area contributed by atoms with Gasteiger partial charge >= 0.3 is 0 Å². The number of ketones is 1. The molecule has 0 radical (unpaired) electrons. The van der Waals surface area contributed by atoms with Gasteiger partial charge in [0.15, 0.2) is 0 Å². The van der Waals surface area contributed by atoms with E-state index in [2.05, 4.69) is 20.0 Å². The molecule has 0 N–H and O–H groups in total. The van der Waals surface area contributed by atoms with Crippen LogP contribution in [-0.2, 0) is 4.79 Å². The maximum absolute atomic E-state index is 13.1. The molecule has 0 bridgehead atoms. The van der Waals surface area contributed by atoms with Gasteiger partial charge in [-0.05, 0) is 24.3 Å². The van der Waals surface area contributed by atoms with Gasteiger partial charge in [0.2, 0.25) is 0 Å². The van der Waals surface area contributed by atoms with Crippen LogP contribution in [0.25, 0.3) is 17.0 Å². The first-order valence-electron chi connectivity index (χ1n) is 7.44. The molecule has 0 atom stereocenters. The van der Waals surface area contributed by atoms with Crippen molar-refractivity contribution in [1.29, 1.82) is 0 Å². The Bertz CT molecular complexity index is 864. The Hall–Kier alpha value is -2.83. The number of anilines is 1. The van der Waals surface area contributed by atoms with E-state index in [9.17, 15) is 9.18 Å². The van der Waals surface area contributed by atoms with Gasteiger partial charge in [0.25, 0.3) is 5.78 Å². The van der Waals surface area contributed by atoms with E-state index in [1.54, 1.807) is 16.6 Å². The Labute approximate surface area is 131 Å². The number of hydrogen-bond acceptors (Lipinski definition) is 5. The van der Waals surface area contributed by atoms with E-state index in [0.29, 0.717) is 37.4 Å². The zero-order valence-electron chi connectivity index (χ0n) is 12.3. The summed E-state index contributed by atoms with van der Waals surface area (Å²) in [5, 5.41) is 4.22. The van der Waals surface area contributed by atoms with Crippen molar-refractivity contribution in [3.8, 4) is 11.3 Å². The topological polar surface area (TPSA) is 63.4 Å². The monoisotopic (exact) mass is 311 g/mol. The van der Waals surface area contributed by atoms with E-state index in [1.807, 2.05) is 6.07 Å². The van der Waals surface area contributed by atoms with Gasteiger partial charge in [0.05, 0.1) is 5.69 Å². The van der Waals surface area contributed by atoms with Gasteiger partial charge in [-0.2, -0.15) is 14.6 Å². The molecule has 23 heavy (non-hydrogen) atoms. The average molecular weight is 311 g/mol. The number of Topliss-reactive ketones (excluding diaryl/α,β-unsaturated/α-hetero) is 1. The molecule has 1 aliphatic heterocycles. The zero-order valence-corrected chi connectivity index (χ0v) is 12.3. The predicted molar refractivity (Wildman–Crippen MR) is 82.6 cm³/mol. The number of carbonyl (C=O) groups excluding carboxylic acids is 1. The number of fused-ring (bicyclic) bond motifs is 1. The Morgan fingerprint density at radius 1 is 1.09 bits per heavy atom. The fourth-order valence-electron chi connectivity index (χ4n) is 2.78. The van der Waals surface area contributed by atoms with Crippen molar-refractivity contribution in [3.63, 3.8) is 0 Å². The molecule has 1 aromatic carbocycles. The lowest BCUT2D eigenvalue weighted by Crippen LogP contribution is -2.35. The predicted octanol–water partition coefficient (Wildman–Crippen LogP) is 2.10. The number of halogens is 1. The van der Waals surface area contributed by atoms with Gasteiger partial charge < -0.3 is 4.90 Å². The van der Waals surface area contributed by atoms with Crippen molar-refractivity contribution >= 4 is 17.4 Å². The molecule has 1 saturated heterocycles. The largest absolute Gasteiger partial charge is 0.356 e. The van der Waals surface area contributed by atoms with Crippen LogP contribution in [0.4, 0.5) is 10.2 Å². The quantitative estimate of drug-likeness (QED) is 0.725. The van der Waals surface area contributed by atoms with Crippen molar-refractivity contribution in [2.75, 3.05) is 18.0 Å².